The number of carbonyl (C=O) groups excluding carboxylic acids is 2. The maximum Gasteiger partial charge on any atom is 0.232 e. The van der Waals surface area contributed by atoms with Crippen molar-refractivity contribution in [3.05, 3.63) is 74.9 Å². The van der Waals surface area contributed by atoms with Crippen molar-refractivity contribution in [2.24, 2.45) is 0 Å². The van der Waals surface area contributed by atoms with E-state index in [1.807, 2.05) is 43.3 Å². The van der Waals surface area contributed by atoms with Gasteiger partial charge in [-0.2, -0.15) is 0 Å². The third kappa shape index (κ3) is 3.19. The Bertz CT molecular complexity index is 963. The van der Waals surface area contributed by atoms with Gasteiger partial charge in [-0.3, -0.25) is 14.5 Å². The monoisotopic (exact) mass is 399 g/mol. The number of Topliss-reactive ketones (excluding diaryl/α,β-unsaturated/α-hetero) is 1. The highest BCUT2D eigenvalue weighted by Gasteiger charge is 2.40. The fraction of sp³-hybridized carbons (Fsp3) is 0.273. The van der Waals surface area contributed by atoms with Gasteiger partial charge in [-0.25, -0.2) is 0 Å². The summed E-state index contributed by atoms with van der Waals surface area (Å²) in [6.07, 6.45) is 2.17. The van der Waals surface area contributed by atoms with E-state index in [1.54, 1.807) is 11.0 Å². The van der Waals surface area contributed by atoms with Gasteiger partial charge >= 0.3 is 0 Å². The molecule has 0 fully saturated rings. The lowest BCUT2D eigenvalue weighted by Crippen LogP contribution is -2.40. The molecule has 1 aliphatic carbocycles. The summed E-state index contributed by atoms with van der Waals surface area (Å²) in [5.74, 6) is -0.261. The summed E-state index contributed by atoms with van der Waals surface area (Å²) < 4.78 is 0. The molecule has 0 spiro atoms. The molecule has 1 heterocycles. The van der Waals surface area contributed by atoms with Crippen LogP contribution in [0, 0.1) is 6.92 Å². The predicted octanol–water partition coefficient (Wildman–Crippen LogP) is 5.83. The summed E-state index contributed by atoms with van der Waals surface area (Å²) >= 11 is 12.6. The topological polar surface area (TPSA) is 37.4 Å². The molecule has 1 amide bonds. The molecule has 0 saturated carbocycles. The van der Waals surface area contributed by atoms with Gasteiger partial charge in [0, 0.05) is 35.7 Å². The Morgan fingerprint density at radius 2 is 1.74 bits per heavy atom. The molecule has 2 aromatic rings. The van der Waals surface area contributed by atoms with Crippen LogP contribution in [0.2, 0.25) is 10.0 Å². The average molecular weight is 400 g/mol. The number of amides is 1. The van der Waals surface area contributed by atoms with Crippen molar-refractivity contribution in [1.82, 2.24) is 0 Å². The van der Waals surface area contributed by atoms with Crippen molar-refractivity contribution >= 4 is 40.6 Å². The molecular weight excluding hydrogens is 381 g/mol. The molecule has 3 nitrogen and oxygen atoms in total. The highest BCUT2D eigenvalue weighted by molar-refractivity contribution is 6.42. The Hall–Kier alpha value is -2.10. The summed E-state index contributed by atoms with van der Waals surface area (Å²) in [6, 6.07) is 13.2. The molecule has 0 radical (unpaired) electrons. The summed E-state index contributed by atoms with van der Waals surface area (Å²) in [5.41, 5.74) is 4.21. The van der Waals surface area contributed by atoms with Crippen LogP contribution in [0.4, 0.5) is 5.69 Å². The van der Waals surface area contributed by atoms with Gasteiger partial charge in [-0.05, 0) is 43.5 Å². The number of carbonyl (C=O) groups is 2. The van der Waals surface area contributed by atoms with Gasteiger partial charge in [-0.15, -0.1) is 0 Å². The summed E-state index contributed by atoms with van der Waals surface area (Å²) in [4.78, 5) is 27.7. The van der Waals surface area contributed by atoms with Crippen molar-refractivity contribution in [2.75, 3.05) is 4.90 Å². The van der Waals surface area contributed by atoms with Crippen LogP contribution in [0.15, 0.2) is 53.7 Å². The first-order valence-corrected chi connectivity index (χ1v) is 9.82. The fourth-order valence-electron chi connectivity index (χ4n) is 4.04. The van der Waals surface area contributed by atoms with Gasteiger partial charge < -0.3 is 0 Å². The van der Waals surface area contributed by atoms with E-state index in [4.69, 9.17) is 23.2 Å². The van der Waals surface area contributed by atoms with Crippen LogP contribution in [0.3, 0.4) is 0 Å². The minimum atomic E-state index is -0.340. The first kappa shape index (κ1) is 18.3. The number of aryl methyl sites for hydroxylation is 1. The number of benzene rings is 2. The smallest absolute Gasteiger partial charge is 0.232 e. The Morgan fingerprint density at radius 1 is 1.00 bits per heavy atom. The van der Waals surface area contributed by atoms with Crippen molar-refractivity contribution in [2.45, 2.75) is 38.5 Å². The van der Waals surface area contributed by atoms with E-state index in [-0.39, 0.29) is 24.0 Å². The number of hydrogen-bond donors (Lipinski definition) is 0. The lowest BCUT2D eigenvalue weighted by Gasteiger charge is -2.38. The molecule has 1 aliphatic heterocycles. The molecule has 1 unspecified atom stereocenters. The zero-order valence-electron chi connectivity index (χ0n) is 15.0. The van der Waals surface area contributed by atoms with Crippen LogP contribution in [-0.2, 0) is 9.59 Å². The summed E-state index contributed by atoms with van der Waals surface area (Å²) in [7, 11) is 0. The van der Waals surface area contributed by atoms with Crippen molar-refractivity contribution in [3.63, 3.8) is 0 Å². The Labute approximate surface area is 168 Å². The second kappa shape index (κ2) is 7.14. The SMILES string of the molecule is Cc1ccc(N2C(=O)CC(c3cccc(Cl)c3Cl)C3=C2CCCC3=O)cc1. The highest BCUT2D eigenvalue weighted by Crippen LogP contribution is 2.45. The fourth-order valence-corrected chi connectivity index (χ4v) is 4.48. The number of hydrogen-bond acceptors (Lipinski definition) is 2. The molecule has 0 saturated heterocycles. The number of nitrogens with zero attached hydrogens (tertiary/aromatic N) is 1. The second-order valence-corrected chi connectivity index (χ2v) is 7.89. The Kier molecular flexibility index (Phi) is 4.83. The third-order valence-corrected chi connectivity index (χ3v) is 6.16. The number of halogens is 2. The van der Waals surface area contributed by atoms with E-state index < -0.39 is 0 Å². The molecule has 0 N–H and O–H groups in total. The standard InChI is InChI=1S/C22H19Cl2NO2/c1-13-8-10-14(11-9-13)25-18-6-3-7-19(26)21(18)16(12-20(25)27)15-4-2-5-17(23)22(15)24/h2,4-5,8-11,16H,3,6-7,12H2,1H3. The van der Waals surface area contributed by atoms with Gasteiger partial charge in [0.2, 0.25) is 5.91 Å². The van der Waals surface area contributed by atoms with E-state index in [9.17, 15) is 9.59 Å². The Balaban J connectivity index is 1.88. The molecule has 1 atom stereocenters. The van der Waals surface area contributed by atoms with Gasteiger partial charge in [0.25, 0.3) is 0 Å². The van der Waals surface area contributed by atoms with Crippen molar-refractivity contribution < 1.29 is 9.59 Å². The van der Waals surface area contributed by atoms with E-state index in [0.717, 1.165) is 28.9 Å². The second-order valence-electron chi connectivity index (χ2n) is 7.10. The van der Waals surface area contributed by atoms with Crippen molar-refractivity contribution in [1.29, 1.82) is 0 Å². The number of ketones is 1. The molecule has 0 bridgehead atoms. The van der Waals surface area contributed by atoms with Gasteiger partial charge in [-0.1, -0.05) is 53.0 Å². The number of rotatable bonds is 2. The van der Waals surface area contributed by atoms with Crippen LogP contribution in [-0.4, -0.2) is 11.7 Å². The normalized spacial score (nSPS) is 20.1. The van der Waals surface area contributed by atoms with Crippen LogP contribution >= 0.6 is 23.2 Å². The highest BCUT2D eigenvalue weighted by atomic mass is 35.5. The average Bonchev–Trinajstić information content (AvgIpc) is 2.65. The quantitative estimate of drug-likeness (QED) is 0.636. The van der Waals surface area contributed by atoms with Gasteiger partial charge in [0.15, 0.2) is 5.78 Å². The summed E-state index contributed by atoms with van der Waals surface area (Å²) in [6.45, 7) is 2.01. The van der Waals surface area contributed by atoms with E-state index in [0.29, 0.717) is 28.5 Å². The van der Waals surface area contributed by atoms with E-state index >= 15 is 0 Å². The minimum absolute atomic E-state index is 0.0201. The molecular formula is C22H19Cl2NO2. The first-order chi connectivity index (χ1) is 13.0. The molecule has 4 rings (SSSR count). The lowest BCUT2D eigenvalue weighted by atomic mass is 9.77. The van der Waals surface area contributed by atoms with Crippen LogP contribution in [0.25, 0.3) is 0 Å². The molecule has 2 aromatic carbocycles. The maximum atomic E-state index is 13.1. The van der Waals surface area contributed by atoms with E-state index in [2.05, 4.69) is 0 Å². The number of anilines is 1. The zero-order valence-corrected chi connectivity index (χ0v) is 16.5. The minimum Gasteiger partial charge on any atom is -0.294 e. The third-order valence-electron chi connectivity index (χ3n) is 5.32. The zero-order chi connectivity index (χ0) is 19.1. The molecule has 5 heteroatoms. The largest absolute Gasteiger partial charge is 0.294 e. The van der Waals surface area contributed by atoms with E-state index in [1.165, 1.54) is 0 Å². The van der Waals surface area contributed by atoms with Crippen molar-refractivity contribution in [3.8, 4) is 0 Å². The molecule has 138 valence electrons. The molecule has 27 heavy (non-hydrogen) atoms. The van der Waals surface area contributed by atoms with Crippen LogP contribution < -0.4 is 4.90 Å². The Morgan fingerprint density at radius 3 is 2.48 bits per heavy atom. The maximum absolute atomic E-state index is 13.1. The first-order valence-electron chi connectivity index (χ1n) is 9.07. The van der Waals surface area contributed by atoms with Crippen LogP contribution in [0.5, 0.6) is 0 Å². The van der Waals surface area contributed by atoms with Crippen LogP contribution in [0.1, 0.15) is 42.7 Å². The van der Waals surface area contributed by atoms with Gasteiger partial charge in [0.05, 0.1) is 10.0 Å². The molecule has 0 aromatic heterocycles. The summed E-state index contributed by atoms with van der Waals surface area (Å²) in [5, 5.41) is 0.860. The van der Waals surface area contributed by atoms with Gasteiger partial charge in [0.1, 0.15) is 0 Å². The molecule has 2 aliphatic rings. The number of allylic oxidation sites excluding steroid dienone is 2. The predicted molar refractivity (Wildman–Crippen MR) is 108 cm³/mol. The lowest BCUT2D eigenvalue weighted by molar-refractivity contribution is -0.119.